The molecule has 0 aromatic heterocycles. The summed E-state index contributed by atoms with van der Waals surface area (Å²) in [5, 5.41) is 10.0. The Labute approximate surface area is 143 Å². The highest BCUT2D eigenvalue weighted by atomic mass is 16.4. The molecule has 0 bridgehead atoms. The second-order valence-electron chi connectivity index (χ2n) is 7.66. The Balaban J connectivity index is 2.12. The van der Waals surface area contributed by atoms with Gasteiger partial charge in [0.2, 0.25) is 0 Å². The molecule has 1 aromatic rings. The van der Waals surface area contributed by atoms with Crippen molar-refractivity contribution in [2.75, 3.05) is 6.54 Å². The molecule has 24 heavy (non-hydrogen) atoms. The summed E-state index contributed by atoms with van der Waals surface area (Å²) in [6.45, 7) is 4.93. The lowest BCUT2D eigenvalue weighted by Crippen LogP contribution is -2.61. The fourth-order valence-corrected chi connectivity index (χ4v) is 4.53. The zero-order chi connectivity index (χ0) is 17.3. The number of hydrogen-bond donors (Lipinski definition) is 1. The predicted octanol–water partition coefficient (Wildman–Crippen LogP) is 4.06. The van der Waals surface area contributed by atoms with Gasteiger partial charge >= 0.3 is 5.97 Å². The molecule has 4 nitrogen and oxygen atoms in total. The van der Waals surface area contributed by atoms with E-state index in [-0.39, 0.29) is 5.91 Å². The van der Waals surface area contributed by atoms with Crippen LogP contribution < -0.4 is 0 Å². The van der Waals surface area contributed by atoms with E-state index in [0.29, 0.717) is 23.6 Å². The molecule has 3 rings (SSSR count). The van der Waals surface area contributed by atoms with Crippen LogP contribution in [0.25, 0.3) is 0 Å². The minimum Gasteiger partial charge on any atom is -0.481 e. The molecule has 0 saturated heterocycles. The van der Waals surface area contributed by atoms with Crippen LogP contribution in [0.4, 0.5) is 0 Å². The molecule has 1 aliphatic heterocycles. The van der Waals surface area contributed by atoms with E-state index in [2.05, 4.69) is 13.8 Å². The standard InChI is InChI=1S/C20H27NO3/c1-14(2)10-13-21-18(22)16-9-5-4-8-15(16)17(19(23)24)20(21)11-6-3-7-12-20/h4-5,8-9,14,17H,3,6-7,10-13H2,1-2H3,(H,23,24). The van der Waals surface area contributed by atoms with Gasteiger partial charge in [-0.25, -0.2) is 0 Å². The smallest absolute Gasteiger partial charge is 0.313 e. The van der Waals surface area contributed by atoms with Crippen LogP contribution in [-0.2, 0) is 4.79 Å². The van der Waals surface area contributed by atoms with Gasteiger partial charge in [0, 0.05) is 12.1 Å². The molecule has 1 fully saturated rings. The number of carbonyl (C=O) groups is 2. The Morgan fingerprint density at radius 3 is 2.54 bits per heavy atom. The van der Waals surface area contributed by atoms with Crippen LogP contribution in [0.15, 0.2) is 24.3 Å². The molecule has 1 N–H and O–H groups in total. The molecule has 1 heterocycles. The number of aliphatic carboxylic acids is 1. The summed E-state index contributed by atoms with van der Waals surface area (Å²) in [5.41, 5.74) is 0.729. The van der Waals surface area contributed by atoms with Crippen molar-refractivity contribution in [3.05, 3.63) is 35.4 Å². The zero-order valence-corrected chi connectivity index (χ0v) is 14.6. The van der Waals surface area contributed by atoms with Gasteiger partial charge in [-0.15, -0.1) is 0 Å². The molecule has 1 saturated carbocycles. The van der Waals surface area contributed by atoms with E-state index < -0.39 is 17.4 Å². The summed E-state index contributed by atoms with van der Waals surface area (Å²) in [4.78, 5) is 27.4. The molecule has 4 heteroatoms. The van der Waals surface area contributed by atoms with E-state index in [1.54, 1.807) is 6.07 Å². The highest BCUT2D eigenvalue weighted by Gasteiger charge is 2.54. The van der Waals surface area contributed by atoms with Crippen molar-refractivity contribution in [3.63, 3.8) is 0 Å². The first-order valence-corrected chi connectivity index (χ1v) is 9.11. The maximum Gasteiger partial charge on any atom is 0.313 e. The van der Waals surface area contributed by atoms with Gasteiger partial charge in [-0.1, -0.05) is 51.3 Å². The summed E-state index contributed by atoms with van der Waals surface area (Å²) in [6, 6.07) is 7.30. The fraction of sp³-hybridized carbons (Fsp3) is 0.600. The van der Waals surface area contributed by atoms with E-state index in [0.717, 1.165) is 38.5 Å². The first-order chi connectivity index (χ1) is 11.5. The van der Waals surface area contributed by atoms with Crippen molar-refractivity contribution in [2.45, 2.75) is 63.8 Å². The minimum atomic E-state index is -0.800. The van der Waals surface area contributed by atoms with Gasteiger partial charge in [0.1, 0.15) is 5.92 Å². The molecule has 0 radical (unpaired) electrons. The van der Waals surface area contributed by atoms with Crippen molar-refractivity contribution in [1.82, 2.24) is 4.90 Å². The normalized spacial score (nSPS) is 22.7. The van der Waals surface area contributed by atoms with Crippen LogP contribution in [0.1, 0.15) is 74.2 Å². The second-order valence-corrected chi connectivity index (χ2v) is 7.66. The first-order valence-electron chi connectivity index (χ1n) is 9.11. The quantitative estimate of drug-likeness (QED) is 0.906. The van der Waals surface area contributed by atoms with Crippen LogP contribution >= 0.6 is 0 Å². The topological polar surface area (TPSA) is 57.6 Å². The highest BCUT2D eigenvalue weighted by Crippen LogP contribution is 2.49. The Kier molecular flexibility index (Phi) is 4.66. The number of carbonyl (C=O) groups excluding carboxylic acids is 1. The molecule has 1 atom stereocenters. The van der Waals surface area contributed by atoms with Crippen LogP contribution in [0.3, 0.4) is 0 Å². The minimum absolute atomic E-state index is 0.0191. The van der Waals surface area contributed by atoms with E-state index >= 15 is 0 Å². The molecule has 1 aliphatic carbocycles. The molecule has 1 spiro atoms. The molecule has 130 valence electrons. The van der Waals surface area contributed by atoms with Gasteiger partial charge in [-0.3, -0.25) is 9.59 Å². The van der Waals surface area contributed by atoms with Gasteiger partial charge in [-0.05, 0) is 36.8 Å². The van der Waals surface area contributed by atoms with E-state index in [1.807, 2.05) is 23.1 Å². The van der Waals surface area contributed by atoms with E-state index in [9.17, 15) is 14.7 Å². The predicted molar refractivity (Wildman–Crippen MR) is 93.1 cm³/mol. The number of hydrogen-bond acceptors (Lipinski definition) is 2. The monoisotopic (exact) mass is 329 g/mol. The van der Waals surface area contributed by atoms with Gasteiger partial charge < -0.3 is 10.0 Å². The number of benzene rings is 1. The SMILES string of the molecule is CC(C)CCN1C(=O)c2ccccc2C(C(=O)O)C12CCCCC2. The van der Waals surface area contributed by atoms with Crippen molar-refractivity contribution in [2.24, 2.45) is 5.92 Å². The maximum atomic E-state index is 13.2. The Morgan fingerprint density at radius 2 is 1.92 bits per heavy atom. The number of rotatable bonds is 4. The highest BCUT2D eigenvalue weighted by molar-refractivity contribution is 6.01. The largest absolute Gasteiger partial charge is 0.481 e. The average Bonchev–Trinajstić information content (AvgIpc) is 2.55. The van der Waals surface area contributed by atoms with Crippen molar-refractivity contribution in [3.8, 4) is 0 Å². The first kappa shape index (κ1) is 17.0. The van der Waals surface area contributed by atoms with Crippen LogP contribution in [0.2, 0.25) is 0 Å². The summed E-state index contributed by atoms with van der Waals surface area (Å²) < 4.78 is 0. The second kappa shape index (κ2) is 6.58. The average molecular weight is 329 g/mol. The van der Waals surface area contributed by atoms with Crippen LogP contribution in [0.5, 0.6) is 0 Å². The molecular weight excluding hydrogens is 302 g/mol. The Hall–Kier alpha value is -1.84. The van der Waals surface area contributed by atoms with Crippen molar-refractivity contribution >= 4 is 11.9 Å². The summed E-state index contributed by atoms with van der Waals surface area (Å²) in [6.07, 6.45) is 5.61. The number of nitrogens with zero attached hydrogens (tertiary/aromatic N) is 1. The summed E-state index contributed by atoms with van der Waals surface area (Å²) in [7, 11) is 0. The van der Waals surface area contributed by atoms with E-state index in [1.165, 1.54) is 0 Å². The number of carboxylic acids is 1. The number of carboxylic acid groups (broad SMARTS) is 1. The van der Waals surface area contributed by atoms with Crippen LogP contribution in [0, 0.1) is 5.92 Å². The zero-order valence-electron chi connectivity index (χ0n) is 14.6. The lowest BCUT2D eigenvalue weighted by atomic mass is 9.65. The van der Waals surface area contributed by atoms with Crippen molar-refractivity contribution in [1.29, 1.82) is 0 Å². The van der Waals surface area contributed by atoms with Crippen LogP contribution in [-0.4, -0.2) is 34.0 Å². The lowest BCUT2D eigenvalue weighted by Gasteiger charge is -2.53. The summed E-state index contributed by atoms with van der Waals surface area (Å²) in [5.74, 6) is -0.908. The molecule has 1 unspecified atom stereocenters. The van der Waals surface area contributed by atoms with Gasteiger partial charge in [0.15, 0.2) is 0 Å². The molecule has 1 aromatic carbocycles. The molecule has 2 aliphatic rings. The van der Waals surface area contributed by atoms with E-state index in [4.69, 9.17) is 0 Å². The number of amides is 1. The third-order valence-electron chi connectivity index (χ3n) is 5.72. The Morgan fingerprint density at radius 1 is 1.25 bits per heavy atom. The lowest BCUT2D eigenvalue weighted by molar-refractivity contribution is -0.144. The number of fused-ring (bicyclic) bond motifs is 1. The molecular formula is C20H27NO3. The third kappa shape index (κ3) is 2.72. The third-order valence-corrected chi connectivity index (χ3v) is 5.72. The fourth-order valence-electron chi connectivity index (χ4n) is 4.53. The molecule has 1 amide bonds. The maximum absolute atomic E-state index is 13.2. The Bertz CT molecular complexity index is 632. The van der Waals surface area contributed by atoms with Crippen molar-refractivity contribution < 1.29 is 14.7 Å². The summed E-state index contributed by atoms with van der Waals surface area (Å²) >= 11 is 0. The van der Waals surface area contributed by atoms with Gasteiger partial charge in [0.25, 0.3) is 5.91 Å². The van der Waals surface area contributed by atoms with Gasteiger partial charge in [0.05, 0.1) is 5.54 Å². The van der Waals surface area contributed by atoms with Gasteiger partial charge in [-0.2, -0.15) is 0 Å².